The molecule has 3 aromatic rings. The first-order valence-corrected chi connectivity index (χ1v) is 13.9. The van der Waals surface area contributed by atoms with Gasteiger partial charge in [-0.3, -0.25) is 4.72 Å². The van der Waals surface area contributed by atoms with E-state index in [-0.39, 0.29) is 22.2 Å². The summed E-state index contributed by atoms with van der Waals surface area (Å²) in [6.07, 6.45) is -7.28. The van der Waals surface area contributed by atoms with Gasteiger partial charge < -0.3 is 14.7 Å². The highest BCUT2D eigenvalue weighted by atomic mass is 32.2. The number of ether oxygens (including phenoxy) is 1. The van der Waals surface area contributed by atoms with E-state index < -0.39 is 63.7 Å². The van der Waals surface area contributed by atoms with Crippen molar-refractivity contribution in [3.8, 4) is 16.9 Å². The summed E-state index contributed by atoms with van der Waals surface area (Å²) in [6.45, 7) is 0.443. The number of carbonyl (C=O) groups is 1. The summed E-state index contributed by atoms with van der Waals surface area (Å²) in [5.41, 5.74) is -2.38. The first-order chi connectivity index (χ1) is 19.5. The Morgan fingerprint density at radius 3 is 2.48 bits per heavy atom. The van der Waals surface area contributed by atoms with E-state index >= 15 is 0 Å². The van der Waals surface area contributed by atoms with Crippen molar-refractivity contribution in [2.45, 2.75) is 43.1 Å². The van der Waals surface area contributed by atoms with Gasteiger partial charge in [-0.1, -0.05) is 25.1 Å². The molecule has 4 rings (SSSR count). The number of hydrogen-bond acceptors (Lipinski definition) is 7. The first-order valence-electron chi connectivity index (χ1n) is 12.4. The molecule has 3 heterocycles. The molecule has 0 amide bonds. The molecule has 1 aliphatic rings. The standard InChI is InChI=1S/C26H24F6N4O5S/c1-15-7-9-36(20(10-15)24(37)38)23-11-16(6-8-33-23)42(39,40)35-22-12-18(19(13-34-22)26(30,31)32)17-4-2-3-5-21(17)41-14-25(27,28)29/h2-6,8,11-13,15,20H,7,9-10,14H2,1H3,(H,34,35)(H,37,38). The maximum Gasteiger partial charge on any atom is 0.422 e. The van der Waals surface area contributed by atoms with E-state index in [1.165, 1.54) is 17.0 Å². The lowest BCUT2D eigenvalue weighted by atomic mass is 9.92. The Bertz CT molecular complexity index is 1570. The van der Waals surface area contributed by atoms with Gasteiger partial charge in [-0.25, -0.2) is 23.2 Å². The van der Waals surface area contributed by atoms with Crippen molar-refractivity contribution in [2.24, 2.45) is 5.92 Å². The second-order valence-corrected chi connectivity index (χ2v) is 11.3. The quantitative estimate of drug-likeness (QED) is 0.314. The third-order valence-corrected chi connectivity index (χ3v) is 7.84. The van der Waals surface area contributed by atoms with Crippen molar-refractivity contribution in [3.05, 3.63) is 60.4 Å². The van der Waals surface area contributed by atoms with Crippen molar-refractivity contribution in [1.29, 1.82) is 0 Å². The van der Waals surface area contributed by atoms with Crippen LogP contribution in [0.15, 0.2) is 59.8 Å². The maximum absolute atomic E-state index is 13.9. The number of carboxylic acid groups (broad SMARTS) is 1. The lowest BCUT2D eigenvalue weighted by molar-refractivity contribution is -0.153. The van der Waals surface area contributed by atoms with Gasteiger partial charge in [0.2, 0.25) is 0 Å². The van der Waals surface area contributed by atoms with E-state index in [9.17, 15) is 44.7 Å². The van der Waals surface area contributed by atoms with Gasteiger partial charge in [-0.2, -0.15) is 26.3 Å². The monoisotopic (exact) mass is 618 g/mol. The number of rotatable bonds is 8. The van der Waals surface area contributed by atoms with E-state index in [0.29, 0.717) is 25.6 Å². The number of aliphatic carboxylic acids is 1. The largest absolute Gasteiger partial charge is 0.483 e. The Morgan fingerprint density at radius 2 is 1.81 bits per heavy atom. The zero-order chi connectivity index (χ0) is 30.9. The number of benzene rings is 1. The maximum atomic E-state index is 13.9. The Labute approximate surface area is 236 Å². The SMILES string of the molecule is CC1CCN(c2cc(S(=O)(=O)Nc3cc(-c4ccccc4OCC(F)(F)F)c(C(F)(F)F)cn3)ccn2)C(C(=O)O)C1. The molecular weight excluding hydrogens is 594 g/mol. The van der Waals surface area contributed by atoms with Gasteiger partial charge in [0, 0.05) is 36.1 Å². The Hall–Kier alpha value is -4.08. The molecule has 2 atom stereocenters. The van der Waals surface area contributed by atoms with Crippen LogP contribution in [0.25, 0.3) is 11.1 Å². The molecule has 9 nitrogen and oxygen atoms in total. The summed E-state index contributed by atoms with van der Waals surface area (Å²) in [4.78, 5) is 20.6. The number of anilines is 2. The van der Waals surface area contributed by atoms with Gasteiger partial charge in [-0.15, -0.1) is 0 Å². The van der Waals surface area contributed by atoms with Crippen LogP contribution < -0.4 is 14.4 Å². The number of pyridine rings is 2. The van der Waals surface area contributed by atoms with Crippen LogP contribution in [-0.2, 0) is 21.0 Å². The Balaban J connectivity index is 1.70. The summed E-state index contributed by atoms with van der Waals surface area (Å²) >= 11 is 0. The van der Waals surface area contributed by atoms with E-state index in [2.05, 4.69) is 14.7 Å². The Morgan fingerprint density at radius 1 is 1.10 bits per heavy atom. The fourth-order valence-electron chi connectivity index (χ4n) is 4.50. The molecule has 16 heteroatoms. The number of nitrogens with one attached hydrogen (secondary N) is 1. The van der Waals surface area contributed by atoms with Crippen molar-refractivity contribution in [3.63, 3.8) is 0 Å². The smallest absolute Gasteiger partial charge is 0.422 e. The third-order valence-electron chi connectivity index (χ3n) is 6.49. The van der Waals surface area contributed by atoms with Crippen LogP contribution in [0, 0.1) is 5.92 Å². The second-order valence-electron chi connectivity index (χ2n) is 9.65. The third kappa shape index (κ3) is 7.21. The van der Waals surface area contributed by atoms with Crippen molar-refractivity contribution < 1.29 is 49.4 Å². The van der Waals surface area contributed by atoms with Crippen LogP contribution >= 0.6 is 0 Å². The van der Waals surface area contributed by atoms with Gasteiger partial charge in [0.1, 0.15) is 23.4 Å². The van der Waals surface area contributed by atoms with E-state index in [0.717, 1.165) is 36.5 Å². The van der Waals surface area contributed by atoms with Crippen LogP contribution in [0.2, 0.25) is 0 Å². The van der Waals surface area contributed by atoms with Crippen LogP contribution in [-0.4, -0.2) is 54.8 Å². The topological polar surface area (TPSA) is 122 Å². The number of para-hydroxylation sites is 1. The average molecular weight is 619 g/mol. The summed E-state index contributed by atoms with van der Waals surface area (Å²) in [5, 5.41) is 9.65. The number of halogens is 6. The van der Waals surface area contributed by atoms with Crippen LogP contribution in [0.4, 0.5) is 38.0 Å². The molecule has 1 aliphatic heterocycles. The normalized spacial score (nSPS) is 18.0. The lowest BCUT2D eigenvalue weighted by Gasteiger charge is -2.36. The number of hydrogen-bond donors (Lipinski definition) is 2. The van der Waals surface area contributed by atoms with Gasteiger partial charge in [-0.05, 0) is 37.0 Å². The minimum absolute atomic E-state index is 0.0778. The molecule has 1 fully saturated rings. The zero-order valence-corrected chi connectivity index (χ0v) is 22.6. The van der Waals surface area contributed by atoms with Gasteiger partial charge in [0.15, 0.2) is 6.61 Å². The van der Waals surface area contributed by atoms with Gasteiger partial charge in [0.25, 0.3) is 10.0 Å². The van der Waals surface area contributed by atoms with E-state index in [4.69, 9.17) is 4.74 Å². The fourth-order valence-corrected chi connectivity index (χ4v) is 5.51. The summed E-state index contributed by atoms with van der Waals surface area (Å²) in [5.74, 6) is -1.97. The first kappa shape index (κ1) is 30.9. The number of aromatic nitrogens is 2. The molecule has 226 valence electrons. The van der Waals surface area contributed by atoms with Crippen molar-refractivity contribution in [1.82, 2.24) is 9.97 Å². The minimum atomic E-state index is -5.00. The highest BCUT2D eigenvalue weighted by Gasteiger charge is 2.36. The number of piperidine rings is 1. The molecule has 0 radical (unpaired) electrons. The Kier molecular flexibility index (Phi) is 8.57. The predicted octanol–water partition coefficient (Wildman–Crippen LogP) is 5.59. The molecular formula is C26H24F6N4O5S. The molecule has 2 unspecified atom stereocenters. The van der Waals surface area contributed by atoms with Gasteiger partial charge >= 0.3 is 18.3 Å². The van der Waals surface area contributed by atoms with Crippen LogP contribution in [0.1, 0.15) is 25.3 Å². The van der Waals surface area contributed by atoms with Crippen LogP contribution in [0.5, 0.6) is 5.75 Å². The molecule has 2 aromatic heterocycles. The van der Waals surface area contributed by atoms with E-state index in [1.807, 2.05) is 6.92 Å². The van der Waals surface area contributed by atoms with Crippen LogP contribution in [0.3, 0.4) is 0 Å². The molecule has 2 N–H and O–H groups in total. The number of nitrogens with zero attached hydrogens (tertiary/aromatic N) is 3. The molecule has 0 aliphatic carbocycles. The predicted molar refractivity (Wildman–Crippen MR) is 138 cm³/mol. The average Bonchev–Trinajstić information content (AvgIpc) is 2.91. The summed E-state index contributed by atoms with van der Waals surface area (Å²) < 4.78 is 113. The number of alkyl halides is 6. The summed E-state index contributed by atoms with van der Waals surface area (Å²) in [6, 6.07) is 6.75. The summed E-state index contributed by atoms with van der Waals surface area (Å²) in [7, 11) is -4.50. The zero-order valence-electron chi connectivity index (χ0n) is 21.8. The van der Waals surface area contributed by atoms with Crippen molar-refractivity contribution >= 4 is 27.6 Å². The molecule has 0 spiro atoms. The highest BCUT2D eigenvalue weighted by molar-refractivity contribution is 7.92. The molecule has 0 saturated carbocycles. The molecule has 42 heavy (non-hydrogen) atoms. The van der Waals surface area contributed by atoms with Crippen molar-refractivity contribution in [2.75, 3.05) is 22.8 Å². The molecule has 0 bridgehead atoms. The minimum Gasteiger partial charge on any atom is -0.483 e. The van der Waals surface area contributed by atoms with Gasteiger partial charge in [0.05, 0.1) is 10.5 Å². The number of carboxylic acids is 1. The molecule has 1 saturated heterocycles. The lowest BCUT2D eigenvalue weighted by Crippen LogP contribution is -2.47. The fraction of sp³-hybridized carbons (Fsp3) is 0.346. The highest BCUT2D eigenvalue weighted by Crippen LogP contribution is 2.41. The second kappa shape index (κ2) is 11.7. The molecule has 1 aromatic carbocycles. The number of sulfonamides is 1. The van der Waals surface area contributed by atoms with E-state index in [1.54, 1.807) is 0 Å².